The first-order valence-corrected chi connectivity index (χ1v) is 10.4. The Morgan fingerprint density at radius 1 is 1.03 bits per heavy atom. The summed E-state index contributed by atoms with van der Waals surface area (Å²) in [6.45, 7) is 1.99. The lowest BCUT2D eigenvalue weighted by Gasteiger charge is -2.16. The predicted octanol–water partition coefficient (Wildman–Crippen LogP) is 5.76. The number of benzene rings is 2. The van der Waals surface area contributed by atoms with Crippen LogP contribution in [0.25, 0.3) is 10.9 Å². The zero-order chi connectivity index (χ0) is 20.5. The van der Waals surface area contributed by atoms with Crippen molar-refractivity contribution in [2.24, 2.45) is 0 Å². The van der Waals surface area contributed by atoms with Crippen LogP contribution in [-0.2, 0) is 19.4 Å². The topological polar surface area (TPSA) is 54.7 Å². The molecular weight excluding hydrogens is 435 g/mol. The van der Waals surface area contributed by atoms with E-state index in [1.54, 1.807) is 12.1 Å². The number of carbonyl (C=O) groups is 1. The second-order valence-electron chi connectivity index (χ2n) is 6.93. The Bertz CT molecular complexity index is 1060. The highest BCUT2D eigenvalue weighted by molar-refractivity contribution is 6.42. The molecule has 1 aliphatic rings. The molecule has 2 heterocycles. The summed E-state index contributed by atoms with van der Waals surface area (Å²) < 4.78 is 8.05. The number of ether oxygens (including phenoxy) is 1. The Balaban J connectivity index is 1.65. The number of hydrogen-bond donors (Lipinski definition) is 1. The molecule has 1 amide bonds. The molecule has 8 heteroatoms. The predicted molar refractivity (Wildman–Crippen MR) is 116 cm³/mol. The number of halogens is 3. The van der Waals surface area contributed by atoms with Crippen LogP contribution < -0.4 is 4.74 Å². The number of amides is 1. The molecule has 5 nitrogen and oxygen atoms in total. The summed E-state index contributed by atoms with van der Waals surface area (Å²) in [7, 11) is 0. The smallest absolute Gasteiger partial charge is 0.407 e. The zero-order valence-electron chi connectivity index (χ0n) is 15.5. The minimum absolute atomic E-state index is 0.457. The number of aromatic nitrogens is 1. The summed E-state index contributed by atoms with van der Waals surface area (Å²) in [5.74, 6) is 0.745. The van der Waals surface area contributed by atoms with Gasteiger partial charge in [-0.2, -0.15) is 0 Å². The van der Waals surface area contributed by atoms with Crippen molar-refractivity contribution in [1.29, 1.82) is 0 Å². The average molecular weight is 454 g/mol. The standard InChI is InChI=1S/C21H19Cl3N2O3/c22-13-1-3-14(4-2-13)29-10-9-26-19-6-8-25(21(27)28)7-5-15(19)16-11-17(23)18(24)12-20(16)26/h1-4,11-12H,5-10H2,(H,27,28). The fraction of sp³-hybridized carbons (Fsp3) is 0.286. The van der Waals surface area contributed by atoms with Crippen LogP contribution in [0.1, 0.15) is 11.3 Å². The quantitative estimate of drug-likeness (QED) is 0.546. The number of hydrogen-bond acceptors (Lipinski definition) is 2. The molecule has 0 unspecified atom stereocenters. The highest BCUT2D eigenvalue weighted by Gasteiger charge is 2.24. The SMILES string of the molecule is O=C(O)N1CCc2c(n(CCOc3ccc(Cl)cc3)c3cc(Cl)c(Cl)cc23)CC1. The van der Waals surface area contributed by atoms with Crippen LogP contribution in [0, 0.1) is 0 Å². The third kappa shape index (κ3) is 4.13. The summed E-state index contributed by atoms with van der Waals surface area (Å²) in [4.78, 5) is 12.9. The monoisotopic (exact) mass is 452 g/mol. The van der Waals surface area contributed by atoms with Crippen LogP contribution in [-0.4, -0.2) is 40.4 Å². The fourth-order valence-electron chi connectivity index (χ4n) is 3.86. The number of rotatable bonds is 4. The third-order valence-corrected chi connectivity index (χ3v) is 6.22. The summed E-state index contributed by atoms with van der Waals surface area (Å²) >= 11 is 18.5. The van der Waals surface area contributed by atoms with Crippen molar-refractivity contribution in [1.82, 2.24) is 9.47 Å². The van der Waals surface area contributed by atoms with Crippen LogP contribution in [0.4, 0.5) is 4.79 Å². The maximum absolute atomic E-state index is 11.4. The maximum atomic E-state index is 11.4. The molecule has 0 radical (unpaired) electrons. The van der Waals surface area contributed by atoms with E-state index in [4.69, 9.17) is 39.5 Å². The molecule has 3 aromatic rings. The number of carboxylic acid groups (broad SMARTS) is 1. The summed E-state index contributed by atoms with van der Waals surface area (Å²) in [5, 5.41) is 12.1. The van der Waals surface area contributed by atoms with Gasteiger partial charge < -0.3 is 19.3 Å². The van der Waals surface area contributed by atoms with Crippen LogP contribution in [0.3, 0.4) is 0 Å². The number of fused-ring (bicyclic) bond motifs is 3. The van der Waals surface area contributed by atoms with Gasteiger partial charge in [0.05, 0.1) is 22.1 Å². The lowest BCUT2D eigenvalue weighted by Crippen LogP contribution is -2.31. The van der Waals surface area contributed by atoms with Crippen LogP contribution in [0.5, 0.6) is 5.75 Å². The van der Waals surface area contributed by atoms with E-state index in [1.807, 2.05) is 24.3 Å². The minimum Gasteiger partial charge on any atom is -0.492 e. The molecule has 1 N–H and O–H groups in total. The van der Waals surface area contributed by atoms with Gasteiger partial charge in [-0.1, -0.05) is 34.8 Å². The molecule has 0 atom stereocenters. The van der Waals surface area contributed by atoms with E-state index in [0.29, 0.717) is 54.2 Å². The molecule has 4 rings (SSSR count). The molecular formula is C21H19Cl3N2O3. The van der Waals surface area contributed by atoms with Crippen molar-refractivity contribution in [2.75, 3.05) is 19.7 Å². The van der Waals surface area contributed by atoms with E-state index in [1.165, 1.54) is 4.90 Å². The first-order chi connectivity index (χ1) is 13.9. The van der Waals surface area contributed by atoms with Crippen LogP contribution in [0.15, 0.2) is 36.4 Å². The van der Waals surface area contributed by atoms with E-state index < -0.39 is 6.09 Å². The molecule has 1 aromatic heterocycles. The Labute approximate surface area is 183 Å². The van der Waals surface area contributed by atoms with Gasteiger partial charge in [0.25, 0.3) is 0 Å². The Hall–Kier alpha value is -2.08. The molecule has 29 heavy (non-hydrogen) atoms. The van der Waals surface area contributed by atoms with Gasteiger partial charge in [0.2, 0.25) is 0 Å². The van der Waals surface area contributed by atoms with Crippen molar-refractivity contribution in [3.63, 3.8) is 0 Å². The molecule has 0 fully saturated rings. The van der Waals surface area contributed by atoms with Gasteiger partial charge in [-0.25, -0.2) is 4.79 Å². The van der Waals surface area contributed by atoms with Crippen LogP contribution in [0.2, 0.25) is 15.1 Å². The summed E-state index contributed by atoms with van der Waals surface area (Å²) in [5.41, 5.74) is 3.24. The molecule has 0 saturated carbocycles. The summed E-state index contributed by atoms with van der Waals surface area (Å²) in [6, 6.07) is 11.0. The van der Waals surface area contributed by atoms with Gasteiger partial charge in [0.1, 0.15) is 12.4 Å². The highest BCUT2D eigenvalue weighted by atomic mass is 35.5. The Kier molecular flexibility index (Phi) is 5.81. The summed E-state index contributed by atoms with van der Waals surface area (Å²) in [6.07, 6.45) is 0.381. The number of nitrogens with zero attached hydrogens (tertiary/aromatic N) is 2. The molecule has 1 aliphatic heterocycles. The van der Waals surface area contributed by atoms with E-state index in [-0.39, 0.29) is 0 Å². The molecule has 152 valence electrons. The lowest BCUT2D eigenvalue weighted by atomic mass is 10.1. The second-order valence-corrected chi connectivity index (χ2v) is 8.18. The normalized spacial score (nSPS) is 14.0. The molecule has 2 aromatic carbocycles. The van der Waals surface area contributed by atoms with Gasteiger partial charge in [0, 0.05) is 35.6 Å². The van der Waals surface area contributed by atoms with Crippen molar-refractivity contribution >= 4 is 51.8 Å². The lowest BCUT2D eigenvalue weighted by molar-refractivity contribution is 0.147. The highest BCUT2D eigenvalue weighted by Crippen LogP contribution is 2.35. The second kappa shape index (κ2) is 8.34. The largest absolute Gasteiger partial charge is 0.492 e. The van der Waals surface area contributed by atoms with E-state index in [0.717, 1.165) is 27.9 Å². The van der Waals surface area contributed by atoms with E-state index in [2.05, 4.69) is 4.57 Å². The van der Waals surface area contributed by atoms with Gasteiger partial charge >= 0.3 is 6.09 Å². The molecule has 0 aliphatic carbocycles. The van der Waals surface area contributed by atoms with Gasteiger partial charge in [0.15, 0.2) is 0 Å². The van der Waals surface area contributed by atoms with Crippen LogP contribution >= 0.6 is 34.8 Å². The maximum Gasteiger partial charge on any atom is 0.407 e. The zero-order valence-corrected chi connectivity index (χ0v) is 17.8. The average Bonchev–Trinajstić information content (AvgIpc) is 2.83. The van der Waals surface area contributed by atoms with E-state index >= 15 is 0 Å². The minimum atomic E-state index is -0.891. The van der Waals surface area contributed by atoms with Gasteiger partial charge in [-0.15, -0.1) is 0 Å². The van der Waals surface area contributed by atoms with Crippen molar-refractivity contribution in [3.8, 4) is 5.75 Å². The van der Waals surface area contributed by atoms with Gasteiger partial charge in [-0.3, -0.25) is 0 Å². The van der Waals surface area contributed by atoms with Crippen molar-refractivity contribution in [2.45, 2.75) is 19.4 Å². The first-order valence-electron chi connectivity index (χ1n) is 9.29. The fourth-order valence-corrected chi connectivity index (χ4v) is 4.31. The first kappa shape index (κ1) is 20.2. The van der Waals surface area contributed by atoms with Crippen molar-refractivity contribution in [3.05, 3.63) is 62.7 Å². The molecule has 0 spiro atoms. The van der Waals surface area contributed by atoms with Gasteiger partial charge in [-0.05, 0) is 48.4 Å². The van der Waals surface area contributed by atoms with E-state index in [9.17, 15) is 9.90 Å². The Morgan fingerprint density at radius 2 is 1.72 bits per heavy atom. The third-order valence-electron chi connectivity index (χ3n) is 5.25. The van der Waals surface area contributed by atoms with Crippen molar-refractivity contribution < 1.29 is 14.6 Å². The Morgan fingerprint density at radius 3 is 2.45 bits per heavy atom. The molecule has 0 bridgehead atoms. The molecule has 0 saturated heterocycles.